The Balaban J connectivity index is 1.57. The number of hydrogen-bond donors (Lipinski definition) is 0. The van der Waals surface area contributed by atoms with Crippen molar-refractivity contribution < 1.29 is 4.79 Å². The van der Waals surface area contributed by atoms with Crippen molar-refractivity contribution in [3.63, 3.8) is 0 Å². The monoisotopic (exact) mass is 415 g/mol. The SMILES string of the molecule is CCN(C(=O)CSc1nc2ccccc2n1Cc1ccc(C)cc1)c1ccccc1. The van der Waals surface area contributed by atoms with Crippen molar-refractivity contribution in [1.29, 1.82) is 0 Å². The molecule has 4 aromatic rings. The fourth-order valence-electron chi connectivity index (χ4n) is 3.51. The van der Waals surface area contributed by atoms with E-state index in [1.54, 1.807) is 0 Å². The van der Waals surface area contributed by atoms with Crippen LogP contribution in [0.15, 0.2) is 84.0 Å². The number of carbonyl (C=O) groups excluding carboxylic acids is 1. The number of fused-ring (bicyclic) bond motifs is 1. The maximum Gasteiger partial charge on any atom is 0.237 e. The second-order valence-electron chi connectivity index (χ2n) is 7.22. The third kappa shape index (κ3) is 4.41. The van der Waals surface area contributed by atoms with Crippen LogP contribution in [0.4, 0.5) is 5.69 Å². The van der Waals surface area contributed by atoms with Gasteiger partial charge < -0.3 is 9.47 Å². The number of carbonyl (C=O) groups is 1. The van der Waals surface area contributed by atoms with E-state index in [-0.39, 0.29) is 5.91 Å². The van der Waals surface area contributed by atoms with E-state index in [1.165, 1.54) is 22.9 Å². The topological polar surface area (TPSA) is 38.1 Å². The molecule has 4 rings (SSSR count). The fourth-order valence-corrected chi connectivity index (χ4v) is 4.40. The molecular formula is C25H25N3OS. The maximum absolute atomic E-state index is 12.9. The second kappa shape index (κ2) is 9.18. The number of thioether (sulfide) groups is 1. The highest BCUT2D eigenvalue weighted by Gasteiger charge is 2.17. The number of hydrogen-bond acceptors (Lipinski definition) is 3. The molecule has 0 saturated heterocycles. The minimum atomic E-state index is 0.0858. The molecule has 0 fully saturated rings. The number of benzene rings is 3. The van der Waals surface area contributed by atoms with E-state index in [0.29, 0.717) is 12.3 Å². The Bertz CT molecular complexity index is 1140. The Morgan fingerprint density at radius 3 is 2.40 bits per heavy atom. The maximum atomic E-state index is 12.9. The van der Waals surface area contributed by atoms with Crippen molar-refractivity contribution in [2.75, 3.05) is 17.2 Å². The molecule has 0 N–H and O–H groups in total. The molecule has 0 saturated carbocycles. The van der Waals surface area contributed by atoms with Gasteiger partial charge in [-0.2, -0.15) is 0 Å². The van der Waals surface area contributed by atoms with Gasteiger partial charge in [0, 0.05) is 12.2 Å². The highest BCUT2D eigenvalue weighted by Crippen LogP contribution is 2.26. The van der Waals surface area contributed by atoms with Gasteiger partial charge in [-0.15, -0.1) is 0 Å². The van der Waals surface area contributed by atoms with E-state index in [0.717, 1.165) is 28.4 Å². The first kappa shape index (κ1) is 20.2. The molecule has 4 nitrogen and oxygen atoms in total. The molecule has 0 radical (unpaired) electrons. The molecule has 0 atom stereocenters. The normalized spacial score (nSPS) is 11.0. The Hall–Kier alpha value is -3.05. The highest BCUT2D eigenvalue weighted by atomic mass is 32.2. The van der Waals surface area contributed by atoms with E-state index in [1.807, 2.05) is 60.4 Å². The summed E-state index contributed by atoms with van der Waals surface area (Å²) in [5, 5.41) is 0.870. The molecule has 152 valence electrons. The van der Waals surface area contributed by atoms with Crippen LogP contribution in [0.1, 0.15) is 18.1 Å². The molecule has 3 aromatic carbocycles. The predicted octanol–water partition coefficient (Wildman–Crippen LogP) is 5.54. The summed E-state index contributed by atoms with van der Waals surface area (Å²) in [6.45, 7) is 5.47. The summed E-state index contributed by atoms with van der Waals surface area (Å²) in [4.78, 5) is 19.6. The average Bonchev–Trinajstić information content (AvgIpc) is 3.12. The van der Waals surface area contributed by atoms with Gasteiger partial charge in [-0.1, -0.05) is 71.9 Å². The van der Waals surface area contributed by atoms with Crippen molar-refractivity contribution >= 4 is 34.4 Å². The minimum Gasteiger partial charge on any atom is -0.314 e. The molecule has 1 heterocycles. The lowest BCUT2D eigenvalue weighted by molar-refractivity contribution is -0.116. The van der Waals surface area contributed by atoms with Gasteiger partial charge >= 0.3 is 0 Å². The number of imidazole rings is 1. The van der Waals surface area contributed by atoms with Crippen LogP contribution in [0, 0.1) is 6.92 Å². The summed E-state index contributed by atoms with van der Waals surface area (Å²) in [7, 11) is 0. The molecule has 0 unspecified atom stereocenters. The number of nitrogens with zero attached hydrogens (tertiary/aromatic N) is 3. The zero-order chi connectivity index (χ0) is 20.9. The van der Waals surface area contributed by atoms with Gasteiger partial charge in [0.1, 0.15) is 0 Å². The molecular weight excluding hydrogens is 390 g/mol. The zero-order valence-corrected chi connectivity index (χ0v) is 18.1. The summed E-state index contributed by atoms with van der Waals surface area (Å²) in [5.74, 6) is 0.433. The lowest BCUT2D eigenvalue weighted by Gasteiger charge is -2.20. The minimum absolute atomic E-state index is 0.0858. The van der Waals surface area contributed by atoms with Crippen LogP contribution in [0.2, 0.25) is 0 Å². The van der Waals surface area contributed by atoms with E-state index in [4.69, 9.17) is 4.98 Å². The van der Waals surface area contributed by atoms with Crippen LogP contribution in [-0.4, -0.2) is 27.8 Å². The molecule has 5 heteroatoms. The molecule has 0 aliphatic carbocycles. The molecule has 30 heavy (non-hydrogen) atoms. The average molecular weight is 416 g/mol. The Kier molecular flexibility index (Phi) is 6.19. The van der Waals surface area contributed by atoms with Gasteiger partial charge in [0.05, 0.1) is 23.3 Å². The second-order valence-corrected chi connectivity index (χ2v) is 8.16. The van der Waals surface area contributed by atoms with Gasteiger partial charge in [-0.3, -0.25) is 4.79 Å². The predicted molar refractivity (Wildman–Crippen MR) is 125 cm³/mol. The zero-order valence-electron chi connectivity index (χ0n) is 17.3. The van der Waals surface area contributed by atoms with E-state index in [9.17, 15) is 4.79 Å². The summed E-state index contributed by atoms with van der Waals surface area (Å²) < 4.78 is 2.21. The van der Waals surface area contributed by atoms with Gasteiger partial charge in [0.2, 0.25) is 5.91 Å². The molecule has 1 amide bonds. The first-order chi connectivity index (χ1) is 14.7. The molecule has 0 aliphatic heterocycles. The first-order valence-corrected chi connectivity index (χ1v) is 11.1. The summed E-state index contributed by atoms with van der Waals surface area (Å²) >= 11 is 1.50. The smallest absolute Gasteiger partial charge is 0.237 e. The number of rotatable bonds is 7. The van der Waals surface area contributed by atoms with Gasteiger partial charge in [0.15, 0.2) is 5.16 Å². The fraction of sp³-hybridized carbons (Fsp3) is 0.200. The van der Waals surface area contributed by atoms with E-state index < -0.39 is 0 Å². The first-order valence-electron chi connectivity index (χ1n) is 10.1. The van der Waals surface area contributed by atoms with Crippen LogP contribution < -0.4 is 4.90 Å². The van der Waals surface area contributed by atoms with Crippen LogP contribution in [-0.2, 0) is 11.3 Å². The Morgan fingerprint density at radius 2 is 1.67 bits per heavy atom. The summed E-state index contributed by atoms with van der Waals surface area (Å²) in [6.07, 6.45) is 0. The number of aryl methyl sites for hydroxylation is 1. The summed E-state index contributed by atoms with van der Waals surface area (Å²) in [6, 6.07) is 26.5. The van der Waals surface area contributed by atoms with Gasteiger partial charge in [-0.25, -0.2) is 4.98 Å². The Morgan fingerprint density at radius 1 is 0.967 bits per heavy atom. The standard InChI is InChI=1S/C25H25N3OS/c1-3-27(21-9-5-4-6-10-21)24(29)18-30-25-26-22-11-7-8-12-23(22)28(25)17-20-15-13-19(2)14-16-20/h4-16H,3,17-18H2,1-2H3. The van der Waals surface area contributed by atoms with Crippen LogP contribution >= 0.6 is 11.8 Å². The van der Waals surface area contributed by atoms with Crippen molar-refractivity contribution in [2.45, 2.75) is 25.5 Å². The van der Waals surface area contributed by atoms with E-state index in [2.05, 4.69) is 41.8 Å². The van der Waals surface area contributed by atoms with Crippen molar-refractivity contribution in [2.24, 2.45) is 0 Å². The quantitative estimate of drug-likeness (QED) is 0.372. The lowest BCUT2D eigenvalue weighted by atomic mass is 10.1. The largest absolute Gasteiger partial charge is 0.314 e. The van der Waals surface area contributed by atoms with Gasteiger partial charge in [-0.05, 0) is 43.7 Å². The Labute approximate surface area is 181 Å². The molecule has 0 spiro atoms. The van der Waals surface area contributed by atoms with Gasteiger partial charge in [0.25, 0.3) is 0 Å². The lowest BCUT2D eigenvalue weighted by Crippen LogP contribution is -2.32. The molecule has 0 aliphatic rings. The van der Waals surface area contributed by atoms with E-state index >= 15 is 0 Å². The molecule has 1 aromatic heterocycles. The van der Waals surface area contributed by atoms with Crippen molar-refractivity contribution in [3.05, 3.63) is 90.0 Å². The number of amides is 1. The number of anilines is 1. The third-order valence-electron chi connectivity index (χ3n) is 5.09. The van der Waals surface area contributed by atoms with Crippen LogP contribution in [0.25, 0.3) is 11.0 Å². The number of para-hydroxylation sites is 3. The van der Waals surface area contributed by atoms with Crippen LogP contribution in [0.5, 0.6) is 0 Å². The van der Waals surface area contributed by atoms with Crippen molar-refractivity contribution in [3.8, 4) is 0 Å². The summed E-state index contributed by atoms with van der Waals surface area (Å²) in [5.41, 5.74) is 5.43. The number of aromatic nitrogens is 2. The van der Waals surface area contributed by atoms with Crippen LogP contribution in [0.3, 0.4) is 0 Å². The third-order valence-corrected chi connectivity index (χ3v) is 6.05. The molecule has 0 bridgehead atoms. The highest BCUT2D eigenvalue weighted by molar-refractivity contribution is 7.99. The van der Waals surface area contributed by atoms with Crippen molar-refractivity contribution in [1.82, 2.24) is 9.55 Å².